The van der Waals surface area contributed by atoms with Crippen LogP contribution in [0.4, 0.5) is 0 Å². The minimum atomic E-state index is -0.546. The van der Waals surface area contributed by atoms with Crippen LogP contribution in [0.3, 0.4) is 0 Å². The lowest BCUT2D eigenvalue weighted by atomic mass is 10.1. The average molecular weight is 512 g/mol. The van der Waals surface area contributed by atoms with Gasteiger partial charge in [0.25, 0.3) is 0 Å². The molecule has 0 saturated carbocycles. The zero-order valence-electron chi connectivity index (χ0n) is 17.5. The van der Waals surface area contributed by atoms with Gasteiger partial charge >= 0.3 is 0 Å². The van der Waals surface area contributed by atoms with Crippen LogP contribution in [0.25, 0.3) is 0 Å². The van der Waals surface area contributed by atoms with E-state index in [0.717, 1.165) is 21.4 Å². The maximum atomic E-state index is 13.1. The second-order valence-electron chi connectivity index (χ2n) is 7.19. The molecule has 7 heteroatoms. The molecule has 0 fully saturated rings. The van der Waals surface area contributed by atoms with E-state index in [1.54, 1.807) is 23.6 Å². The summed E-state index contributed by atoms with van der Waals surface area (Å²) in [6, 6.07) is 14.9. The minimum Gasteiger partial charge on any atom is -0.352 e. The Morgan fingerprint density at radius 1 is 1.10 bits per heavy atom. The molecule has 162 valence electrons. The number of carbonyl (C=O) groups is 2. The van der Waals surface area contributed by atoms with Gasteiger partial charge in [0.15, 0.2) is 0 Å². The van der Waals surface area contributed by atoms with Gasteiger partial charge in [-0.15, -0.1) is 11.8 Å². The van der Waals surface area contributed by atoms with Crippen molar-refractivity contribution in [1.82, 2.24) is 10.2 Å². The summed E-state index contributed by atoms with van der Waals surface area (Å²) in [5.74, 6) is 0.475. The second-order valence-corrected chi connectivity index (χ2v) is 9.71. The molecule has 2 rings (SSSR count). The Balaban J connectivity index is 2.06. The Morgan fingerprint density at radius 3 is 2.33 bits per heavy atom. The predicted molar refractivity (Wildman–Crippen MR) is 129 cm³/mol. The number of hydrogen-bond donors (Lipinski definition) is 1. The van der Waals surface area contributed by atoms with Crippen molar-refractivity contribution in [2.24, 2.45) is 0 Å². The van der Waals surface area contributed by atoms with Crippen LogP contribution in [0.2, 0.25) is 5.02 Å². The normalized spacial score (nSPS) is 12.8. The summed E-state index contributed by atoms with van der Waals surface area (Å²) < 4.78 is 0.978. The van der Waals surface area contributed by atoms with Crippen LogP contribution in [0.15, 0.2) is 57.9 Å². The van der Waals surface area contributed by atoms with Gasteiger partial charge in [-0.2, -0.15) is 0 Å². The third-order valence-corrected chi connectivity index (χ3v) is 6.63. The molecule has 0 unspecified atom stereocenters. The summed E-state index contributed by atoms with van der Waals surface area (Å²) in [5.41, 5.74) is 0.986. The number of rotatable bonds is 10. The highest BCUT2D eigenvalue weighted by Gasteiger charge is 2.26. The molecule has 2 amide bonds. The summed E-state index contributed by atoms with van der Waals surface area (Å²) in [6.07, 6.45) is 1.20. The van der Waals surface area contributed by atoms with Crippen molar-refractivity contribution in [3.05, 3.63) is 63.6 Å². The van der Waals surface area contributed by atoms with E-state index in [1.165, 1.54) is 0 Å². The fourth-order valence-electron chi connectivity index (χ4n) is 2.77. The third-order valence-electron chi connectivity index (χ3n) is 4.83. The summed E-state index contributed by atoms with van der Waals surface area (Å²) in [4.78, 5) is 28.5. The molecule has 0 spiro atoms. The van der Waals surface area contributed by atoms with Crippen molar-refractivity contribution in [3.8, 4) is 0 Å². The lowest BCUT2D eigenvalue weighted by molar-refractivity contribution is -0.140. The van der Waals surface area contributed by atoms with Crippen LogP contribution in [-0.2, 0) is 16.1 Å². The van der Waals surface area contributed by atoms with E-state index in [2.05, 4.69) is 21.2 Å². The zero-order chi connectivity index (χ0) is 22.1. The fraction of sp³-hybridized carbons (Fsp3) is 0.391. The van der Waals surface area contributed by atoms with Gasteiger partial charge in [-0.25, -0.2) is 0 Å². The Labute approximate surface area is 196 Å². The van der Waals surface area contributed by atoms with Gasteiger partial charge in [0.1, 0.15) is 6.04 Å². The third kappa shape index (κ3) is 7.97. The highest BCUT2D eigenvalue weighted by molar-refractivity contribution is 9.10. The topological polar surface area (TPSA) is 49.4 Å². The van der Waals surface area contributed by atoms with Crippen molar-refractivity contribution >= 4 is 51.1 Å². The summed E-state index contributed by atoms with van der Waals surface area (Å²) in [6.45, 7) is 6.18. The quantitative estimate of drug-likeness (QED) is 0.403. The molecular formula is C23H28BrClN2O2S. The van der Waals surface area contributed by atoms with Gasteiger partial charge in [0, 0.05) is 39.2 Å². The molecule has 0 aliphatic carbocycles. The molecule has 4 nitrogen and oxygen atoms in total. The Hall–Kier alpha value is -1.50. The van der Waals surface area contributed by atoms with Crippen LogP contribution in [-0.4, -0.2) is 34.6 Å². The minimum absolute atomic E-state index is 0.0359. The van der Waals surface area contributed by atoms with Crippen LogP contribution in [0, 0.1) is 0 Å². The Morgan fingerprint density at radius 2 is 1.73 bits per heavy atom. The highest BCUT2D eigenvalue weighted by atomic mass is 79.9. The van der Waals surface area contributed by atoms with E-state index in [9.17, 15) is 9.59 Å². The van der Waals surface area contributed by atoms with Crippen molar-refractivity contribution < 1.29 is 9.59 Å². The van der Waals surface area contributed by atoms with Crippen LogP contribution >= 0.6 is 39.3 Å². The van der Waals surface area contributed by atoms with Crippen molar-refractivity contribution in [1.29, 1.82) is 0 Å². The Kier molecular flexibility index (Phi) is 10.2. The van der Waals surface area contributed by atoms with Gasteiger partial charge < -0.3 is 10.2 Å². The number of halogens is 2. The predicted octanol–water partition coefficient (Wildman–Crippen LogP) is 5.92. The number of benzene rings is 2. The van der Waals surface area contributed by atoms with Gasteiger partial charge in [0.05, 0.1) is 0 Å². The monoisotopic (exact) mass is 510 g/mol. The largest absolute Gasteiger partial charge is 0.352 e. The number of nitrogens with one attached hydrogen (secondary N) is 1. The molecule has 2 atom stereocenters. The molecule has 0 bridgehead atoms. The standard InChI is InChI=1S/C23H28BrClN2O2S/c1-4-16(2)26-23(29)17(3)27(15-18-5-7-19(24)8-6-18)22(28)13-14-30-21-11-9-20(25)10-12-21/h5-12,16-17H,4,13-15H2,1-3H3,(H,26,29)/t16-,17-/m0/s1. The molecule has 0 radical (unpaired) electrons. The SMILES string of the molecule is CC[C@H](C)NC(=O)[C@H](C)N(Cc1ccc(Br)cc1)C(=O)CCSc1ccc(Cl)cc1. The number of hydrogen-bond acceptors (Lipinski definition) is 3. The number of amides is 2. The molecular weight excluding hydrogens is 484 g/mol. The zero-order valence-corrected chi connectivity index (χ0v) is 20.7. The van der Waals surface area contributed by atoms with Gasteiger partial charge in [-0.05, 0) is 62.2 Å². The molecule has 0 saturated heterocycles. The molecule has 30 heavy (non-hydrogen) atoms. The first-order chi connectivity index (χ1) is 14.3. The fourth-order valence-corrected chi connectivity index (χ4v) is 4.00. The van der Waals surface area contributed by atoms with Gasteiger partial charge in [-0.1, -0.05) is 46.6 Å². The number of thioether (sulfide) groups is 1. The van der Waals surface area contributed by atoms with Gasteiger partial charge in [-0.3, -0.25) is 9.59 Å². The lowest BCUT2D eigenvalue weighted by Crippen LogP contribution is -2.49. The van der Waals surface area contributed by atoms with E-state index in [-0.39, 0.29) is 17.9 Å². The van der Waals surface area contributed by atoms with Crippen LogP contribution in [0.5, 0.6) is 0 Å². The van der Waals surface area contributed by atoms with E-state index in [0.29, 0.717) is 23.7 Å². The first kappa shape index (κ1) is 24.8. The lowest BCUT2D eigenvalue weighted by Gasteiger charge is -2.29. The van der Waals surface area contributed by atoms with E-state index in [4.69, 9.17) is 11.6 Å². The summed E-state index contributed by atoms with van der Waals surface area (Å²) in [7, 11) is 0. The first-order valence-corrected chi connectivity index (χ1v) is 12.2. The van der Waals surface area contributed by atoms with E-state index < -0.39 is 6.04 Å². The van der Waals surface area contributed by atoms with Gasteiger partial charge in [0.2, 0.25) is 11.8 Å². The van der Waals surface area contributed by atoms with E-state index >= 15 is 0 Å². The summed E-state index contributed by atoms with van der Waals surface area (Å²) >= 11 is 11.0. The first-order valence-electron chi connectivity index (χ1n) is 10.0. The highest BCUT2D eigenvalue weighted by Crippen LogP contribution is 2.22. The molecule has 0 aliphatic rings. The van der Waals surface area contributed by atoms with Crippen molar-refractivity contribution in [2.75, 3.05) is 5.75 Å². The Bertz CT molecular complexity index is 830. The molecule has 2 aromatic rings. The molecule has 0 aliphatic heterocycles. The smallest absolute Gasteiger partial charge is 0.242 e. The van der Waals surface area contributed by atoms with E-state index in [1.807, 2.05) is 62.4 Å². The molecule has 1 N–H and O–H groups in total. The maximum absolute atomic E-state index is 13.1. The number of carbonyl (C=O) groups excluding carboxylic acids is 2. The average Bonchev–Trinajstić information content (AvgIpc) is 2.74. The molecule has 2 aromatic carbocycles. The van der Waals surface area contributed by atoms with Crippen LogP contribution in [0.1, 0.15) is 39.2 Å². The molecule has 0 aromatic heterocycles. The molecule has 0 heterocycles. The second kappa shape index (κ2) is 12.4. The van der Waals surface area contributed by atoms with Crippen LogP contribution < -0.4 is 5.32 Å². The summed E-state index contributed by atoms with van der Waals surface area (Å²) in [5, 5.41) is 3.68. The van der Waals surface area contributed by atoms with Crippen molar-refractivity contribution in [3.63, 3.8) is 0 Å². The van der Waals surface area contributed by atoms with Crippen molar-refractivity contribution in [2.45, 2.75) is 57.1 Å². The number of nitrogens with zero attached hydrogens (tertiary/aromatic N) is 1. The maximum Gasteiger partial charge on any atom is 0.242 e.